The molecule has 0 bridgehead atoms. The van der Waals surface area contributed by atoms with E-state index in [0.717, 1.165) is 23.3 Å². The molecule has 1 N–H and O–H groups in total. The summed E-state index contributed by atoms with van der Waals surface area (Å²) in [7, 11) is 3.50. The molecule has 0 amide bonds. The lowest BCUT2D eigenvalue weighted by Gasteiger charge is -2.17. The maximum Gasteiger partial charge on any atom is 0.142 e. The highest BCUT2D eigenvalue weighted by Gasteiger charge is 2.12. The molecule has 0 aromatic heterocycles. The third-order valence-corrected chi connectivity index (χ3v) is 3.60. The van der Waals surface area contributed by atoms with Gasteiger partial charge in [-0.15, -0.1) is 0 Å². The number of methoxy groups -OCH3 is 1. The molecule has 4 heteroatoms. The minimum atomic E-state index is -0.390. The summed E-state index contributed by atoms with van der Waals surface area (Å²) in [4.78, 5) is 0. The fourth-order valence-electron chi connectivity index (χ4n) is 2.11. The van der Waals surface area contributed by atoms with Crippen LogP contribution in [0.5, 0.6) is 5.75 Å². The minimum absolute atomic E-state index is 0.0372. The Balaban J connectivity index is 2.16. The molecule has 0 saturated heterocycles. The highest BCUT2D eigenvalue weighted by Crippen LogP contribution is 2.23. The molecule has 2 aromatic rings. The van der Waals surface area contributed by atoms with Crippen LogP contribution in [0.2, 0.25) is 5.02 Å². The number of hydrogen-bond acceptors (Lipinski definition) is 2. The van der Waals surface area contributed by atoms with Crippen molar-refractivity contribution in [3.63, 3.8) is 0 Å². The highest BCUT2D eigenvalue weighted by molar-refractivity contribution is 6.30. The fourth-order valence-corrected chi connectivity index (χ4v) is 2.23. The van der Waals surface area contributed by atoms with E-state index in [0.29, 0.717) is 0 Å². The molecule has 1 unspecified atom stereocenters. The normalized spacial score (nSPS) is 12.2. The third-order valence-electron chi connectivity index (χ3n) is 3.29. The van der Waals surface area contributed by atoms with E-state index in [1.807, 2.05) is 37.4 Å². The van der Waals surface area contributed by atoms with Crippen molar-refractivity contribution in [2.45, 2.75) is 12.5 Å². The summed E-state index contributed by atoms with van der Waals surface area (Å²) in [6, 6.07) is 12.8. The van der Waals surface area contributed by atoms with Crippen LogP contribution >= 0.6 is 11.6 Å². The Bertz CT molecular complexity index is 571. The van der Waals surface area contributed by atoms with Gasteiger partial charge >= 0.3 is 0 Å². The molecule has 0 heterocycles. The van der Waals surface area contributed by atoms with Gasteiger partial charge in [0.25, 0.3) is 0 Å². The first-order valence-corrected chi connectivity index (χ1v) is 6.77. The molecular weight excluding hydrogens is 277 g/mol. The minimum Gasteiger partial charge on any atom is -0.497 e. The zero-order valence-electron chi connectivity index (χ0n) is 11.5. The number of halogens is 2. The van der Waals surface area contributed by atoms with Gasteiger partial charge in [-0.25, -0.2) is 4.39 Å². The first kappa shape index (κ1) is 14.8. The van der Waals surface area contributed by atoms with E-state index in [4.69, 9.17) is 16.3 Å². The van der Waals surface area contributed by atoms with E-state index >= 15 is 0 Å². The predicted molar refractivity (Wildman–Crippen MR) is 79.9 cm³/mol. The summed E-state index contributed by atoms with van der Waals surface area (Å²) in [6.45, 7) is 0. The van der Waals surface area contributed by atoms with Gasteiger partial charge in [0.15, 0.2) is 0 Å². The van der Waals surface area contributed by atoms with Gasteiger partial charge in [-0.05, 0) is 48.9 Å². The number of benzene rings is 2. The van der Waals surface area contributed by atoms with Crippen molar-refractivity contribution < 1.29 is 9.13 Å². The zero-order valence-corrected chi connectivity index (χ0v) is 12.2. The Morgan fingerprint density at radius 3 is 2.45 bits per heavy atom. The van der Waals surface area contributed by atoms with Gasteiger partial charge in [-0.2, -0.15) is 0 Å². The smallest absolute Gasteiger partial charge is 0.142 e. The number of nitrogens with one attached hydrogen (secondary N) is 1. The van der Waals surface area contributed by atoms with Crippen LogP contribution in [0.15, 0.2) is 42.5 Å². The highest BCUT2D eigenvalue weighted by atomic mass is 35.5. The van der Waals surface area contributed by atoms with E-state index in [1.54, 1.807) is 13.2 Å². The van der Waals surface area contributed by atoms with Crippen LogP contribution in [-0.2, 0) is 6.42 Å². The number of rotatable bonds is 5. The lowest BCUT2D eigenvalue weighted by Crippen LogP contribution is -2.19. The van der Waals surface area contributed by atoms with Crippen LogP contribution in [0.3, 0.4) is 0 Å². The maximum absolute atomic E-state index is 13.5. The quantitative estimate of drug-likeness (QED) is 0.900. The second kappa shape index (κ2) is 6.73. The van der Waals surface area contributed by atoms with E-state index in [9.17, 15) is 4.39 Å². The van der Waals surface area contributed by atoms with Gasteiger partial charge in [-0.1, -0.05) is 29.8 Å². The van der Waals surface area contributed by atoms with E-state index < -0.39 is 0 Å². The van der Waals surface area contributed by atoms with E-state index in [1.165, 1.54) is 6.07 Å². The van der Waals surface area contributed by atoms with Crippen molar-refractivity contribution in [1.82, 2.24) is 5.32 Å². The van der Waals surface area contributed by atoms with Crippen molar-refractivity contribution in [3.05, 3.63) is 64.4 Å². The number of hydrogen-bond donors (Lipinski definition) is 1. The van der Waals surface area contributed by atoms with Gasteiger partial charge < -0.3 is 10.1 Å². The number of ether oxygens (including phenoxy) is 1. The molecule has 2 aromatic carbocycles. The summed E-state index contributed by atoms with van der Waals surface area (Å²) >= 11 is 5.71. The molecular formula is C16H17ClFNO. The SMILES string of the molecule is CNC(Cc1ccc(OC)cc1)c1ccc(Cl)c(F)c1. The Morgan fingerprint density at radius 1 is 1.20 bits per heavy atom. The summed E-state index contributed by atoms with van der Waals surface area (Å²) in [5.74, 6) is 0.437. The van der Waals surface area contributed by atoms with Crippen molar-refractivity contribution in [2.24, 2.45) is 0 Å². The first-order valence-electron chi connectivity index (χ1n) is 6.39. The molecule has 1 atom stereocenters. The summed E-state index contributed by atoms with van der Waals surface area (Å²) in [5.41, 5.74) is 2.03. The fraction of sp³-hybridized carbons (Fsp3) is 0.250. The molecule has 0 spiro atoms. The summed E-state index contributed by atoms with van der Waals surface area (Å²) in [6.07, 6.45) is 0.765. The Hall–Kier alpha value is -1.58. The van der Waals surface area contributed by atoms with Gasteiger partial charge in [0.2, 0.25) is 0 Å². The molecule has 0 fully saturated rings. The van der Waals surface area contributed by atoms with Crippen molar-refractivity contribution in [2.75, 3.05) is 14.2 Å². The van der Waals surface area contributed by atoms with Gasteiger partial charge in [0.1, 0.15) is 11.6 Å². The Labute approximate surface area is 123 Å². The lowest BCUT2D eigenvalue weighted by molar-refractivity contribution is 0.414. The molecule has 20 heavy (non-hydrogen) atoms. The second-order valence-corrected chi connectivity index (χ2v) is 4.97. The molecule has 0 aliphatic heterocycles. The topological polar surface area (TPSA) is 21.3 Å². The molecule has 106 valence electrons. The standard InChI is InChI=1S/C16H17ClFNO/c1-19-16(12-5-8-14(17)15(18)10-12)9-11-3-6-13(20-2)7-4-11/h3-8,10,16,19H,9H2,1-2H3. The lowest BCUT2D eigenvalue weighted by atomic mass is 9.99. The van der Waals surface area contributed by atoms with Crippen LogP contribution < -0.4 is 10.1 Å². The molecule has 0 radical (unpaired) electrons. The van der Waals surface area contributed by atoms with Gasteiger partial charge in [-0.3, -0.25) is 0 Å². The monoisotopic (exact) mass is 293 g/mol. The largest absolute Gasteiger partial charge is 0.497 e. The van der Waals surface area contributed by atoms with E-state index in [-0.39, 0.29) is 16.9 Å². The van der Waals surface area contributed by atoms with Crippen molar-refractivity contribution >= 4 is 11.6 Å². The van der Waals surface area contributed by atoms with Crippen LogP contribution in [0, 0.1) is 5.82 Å². The zero-order chi connectivity index (χ0) is 14.5. The van der Waals surface area contributed by atoms with Crippen LogP contribution in [-0.4, -0.2) is 14.2 Å². The van der Waals surface area contributed by atoms with Gasteiger partial charge in [0, 0.05) is 6.04 Å². The molecule has 2 nitrogen and oxygen atoms in total. The van der Waals surface area contributed by atoms with Crippen LogP contribution in [0.1, 0.15) is 17.2 Å². The first-order chi connectivity index (χ1) is 9.63. The summed E-state index contributed by atoms with van der Waals surface area (Å²) in [5, 5.41) is 3.35. The second-order valence-electron chi connectivity index (χ2n) is 4.57. The summed E-state index contributed by atoms with van der Waals surface area (Å²) < 4.78 is 18.7. The molecule has 0 saturated carbocycles. The Morgan fingerprint density at radius 2 is 1.90 bits per heavy atom. The molecule has 0 aliphatic rings. The molecule has 2 rings (SSSR count). The predicted octanol–water partition coefficient (Wildman–Crippen LogP) is 3.99. The average Bonchev–Trinajstić information content (AvgIpc) is 2.48. The van der Waals surface area contributed by atoms with Crippen molar-refractivity contribution in [3.8, 4) is 5.75 Å². The van der Waals surface area contributed by atoms with Crippen LogP contribution in [0.4, 0.5) is 4.39 Å². The van der Waals surface area contributed by atoms with Crippen molar-refractivity contribution in [1.29, 1.82) is 0 Å². The average molecular weight is 294 g/mol. The maximum atomic E-state index is 13.5. The Kier molecular flexibility index (Phi) is 4.99. The molecule has 0 aliphatic carbocycles. The number of likely N-dealkylation sites (N-methyl/N-ethyl adjacent to an activating group) is 1. The van der Waals surface area contributed by atoms with Gasteiger partial charge in [0.05, 0.1) is 12.1 Å². The third kappa shape index (κ3) is 3.50. The van der Waals surface area contributed by atoms with E-state index in [2.05, 4.69) is 5.32 Å². The van der Waals surface area contributed by atoms with Crippen LogP contribution in [0.25, 0.3) is 0 Å².